The van der Waals surface area contributed by atoms with Crippen LogP contribution >= 0.6 is 0 Å². The van der Waals surface area contributed by atoms with E-state index < -0.39 is 18.2 Å². The molecule has 0 spiro atoms. The monoisotopic (exact) mass is 876 g/mol. The van der Waals surface area contributed by atoms with Crippen LogP contribution in [0, 0.1) is 0 Å². The zero-order valence-electron chi connectivity index (χ0n) is 42.0. The summed E-state index contributed by atoms with van der Waals surface area (Å²) >= 11 is 0. The van der Waals surface area contributed by atoms with E-state index in [9.17, 15) is 19.8 Å². The number of hydrogen-bond acceptors (Lipinski definition) is 5. The first-order valence-corrected chi connectivity index (χ1v) is 27.9. The lowest BCUT2D eigenvalue weighted by atomic mass is 10.0. The number of aliphatic hydroxyl groups excluding tert-OH is 2. The highest BCUT2D eigenvalue weighted by molar-refractivity contribution is 5.77. The fourth-order valence-electron chi connectivity index (χ4n) is 8.85. The number of esters is 1. The second-order valence-electron chi connectivity index (χ2n) is 19.3. The normalized spacial score (nSPS) is 13.2. The number of nitrogens with one attached hydrogen (secondary N) is 1. The molecule has 3 N–H and O–H groups in total. The number of unbranched alkanes of at least 4 members (excludes halogenated alkanes) is 37. The van der Waals surface area contributed by atoms with E-state index in [1.807, 2.05) is 0 Å². The maximum atomic E-state index is 13.2. The minimum atomic E-state index is -0.788. The maximum absolute atomic E-state index is 13.2. The van der Waals surface area contributed by atoms with Crippen molar-refractivity contribution in [3.05, 3.63) is 12.2 Å². The molecule has 6 heteroatoms. The van der Waals surface area contributed by atoms with Crippen LogP contribution in [0.25, 0.3) is 0 Å². The highest BCUT2D eigenvalue weighted by Gasteiger charge is 2.24. The van der Waals surface area contributed by atoms with Crippen molar-refractivity contribution in [2.24, 2.45) is 0 Å². The van der Waals surface area contributed by atoms with Gasteiger partial charge in [-0.05, 0) is 44.9 Å². The lowest BCUT2D eigenvalue weighted by Gasteiger charge is -2.24. The number of allylic oxidation sites excluding steroid dienone is 2. The molecule has 0 fully saturated rings. The Bertz CT molecular complexity index is 939. The van der Waals surface area contributed by atoms with E-state index in [4.69, 9.17) is 4.74 Å². The van der Waals surface area contributed by atoms with Gasteiger partial charge in [0.05, 0.1) is 25.2 Å². The topological polar surface area (TPSA) is 95.9 Å². The van der Waals surface area contributed by atoms with Gasteiger partial charge in [-0.3, -0.25) is 9.59 Å². The molecule has 0 aliphatic heterocycles. The van der Waals surface area contributed by atoms with Gasteiger partial charge in [0, 0.05) is 6.42 Å². The molecule has 3 unspecified atom stereocenters. The molecule has 3 atom stereocenters. The molecule has 0 aromatic carbocycles. The second-order valence-corrected chi connectivity index (χ2v) is 19.3. The largest absolute Gasteiger partial charge is 0.462 e. The molecule has 6 nitrogen and oxygen atoms in total. The SMILES string of the molecule is CCCCCCCCC/C=C\CCCC(CC(=O)NC(CO)C(O)CCCCCCCCCCCCCC)OC(=O)CCCCCCCCCCCCCCCCCCCCC. The van der Waals surface area contributed by atoms with E-state index in [1.54, 1.807) is 0 Å². The van der Waals surface area contributed by atoms with Crippen LogP contribution in [0.3, 0.4) is 0 Å². The van der Waals surface area contributed by atoms with Gasteiger partial charge in [0.15, 0.2) is 0 Å². The van der Waals surface area contributed by atoms with Crippen molar-refractivity contribution in [1.29, 1.82) is 0 Å². The fraction of sp³-hybridized carbons (Fsp3) is 0.929. The number of aliphatic hydroxyl groups is 2. The zero-order chi connectivity index (χ0) is 45.2. The number of carbonyl (C=O) groups is 2. The van der Waals surface area contributed by atoms with Gasteiger partial charge in [-0.1, -0.05) is 264 Å². The fourth-order valence-corrected chi connectivity index (χ4v) is 8.85. The summed E-state index contributed by atoms with van der Waals surface area (Å²) in [6, 6.07) is -0.703. The summed E-state index contributed by atoms with van der Waals surface area (Å²) in [5.41, 5.74) is 0. The van der Waals surface area contributed by atoms with Crippen molar-refractivity contribution >= 4 is 11.9 Å². The summed E-state index contributed by atoms with van der Waals surface area (Å²) < 4.78 is 5.93. The average molecular weight is 876 g/mol. The lowest BCUT2D eigenvalue weighted by molar-refractivity contribution is -0.151. The van der Waals surface area contributed by atoms with Gasteiger partial charge >= 0.3 is 5.97 Å². The van der Waals surface area contributed by atoms with Gasteiger partial charge in [0.2, 0.25) is 5.91 Å². The van der Waals surface area contributed by atoms with Crippen LogP contribution in [0.15, 0.2) is 12.2 Å². The highest BCUT2D eigenvalue weighted by Crippen LogP contribution is 2.18. The Morgan fingerprint density at radius 2 is 0.790 bits per heavy atom. The maximum Gasteiger partial charge on any atom is 0.306 e. The van der Waals surface area contributed by atoms with Crippen LogP contribution in [-0.2, 0) is 14.3 Å². The molecule has 1 amide bonds. The van der Waals surface area contributed by atoms with E-state index in [2.05, 4.69) is 38.2 Å². The molecule has 0 radical (unpaired) electrons. The summed E-state index contributed by atoms with van der Waals surface area (Å²) in [6.45, 7) is 6.50. The Kier molecular flexibility index (Phi) is 49.5. The van der Waals surface area contributed by atoms with Gasteiger partial charge in [-0.2, -0.15) is 0 Å². The van der Waals surface area contributed by atoms with E-state index >= 15 is 0 Å². The van der Waals surface area contributed by atoms with Crippen LogP contribution in [0.5, 0.6) is 0 Å². The first kappa shape index (κ1) is 60.6. The third-order valence-electron chi connectivity index (χ3n) is 13.1. The summed E-state index contributed by atoms with van der Waals surface area (Å²) in [6.07, 6.45) is 57.1. The molecule has 0 heterocycles. The van der Waals surface area contributed by atoms with Crippen LogP contribution in [0.4, 0.5) is 0 Å². The van der Waals surface area contributed by atoms with Crippen molar-refractivity contribution in [1.82, 2.24) is 5.32 Å². The van der Waals surface area contributed by atoms with E-state index in [-0.39, 0.29) is 24.9 Å². The minimum absolute atomic E-state index is 0.0640. The van der Waals surface area contributed by atoms with Crippen molar-refractivity contribution < 1.29 is 24.5 Å². The summed E-state index contributed by atoms with van der Waals surface area (Å²) in [4.78, 5) is 26.2. The molecule has 368 valence electrons. The number of ether oxygens (including phenoxy) is 1. The summed E-state index contributed by atoms with van der Waals surface area (Å²) in [5.74, 6) is -0.483. The zero-order valence-corrected chi connectivity index (χ0v) is 42.0. The van der Waals surface area contributed by atoms with Crippen LogP contribution in [-0.4, -0.2) is 46.9 Å². The molecule has 0 saturated heterocycles. The third kappa shape index (κ3) is 45.2. The predicted octanol–water partition coefficient (Wildman–Crippen LogP) is 16.9. The first-order valence-electron chi connectivity index (χ1n) is 27.9. The number of hydrogen-bond donors (Lipinski definition) is 3. The van der Waals surface area contributed by atoms with Crippen molar-refractivity contribution in [3.63, 3.8) is 0 Å². The molecule has 62 heavy (non-hydrogen) atoms. The predicted molar refractivity (Wildman–Crippen MR) is 269 cm³/mol. The summed E-state index contributed by atoms with van der Waals surface area (Å²) in [5, 5.41) is 23.8. The highest BCUT2D eigenvalue weighted by atomic mass is 16.5. The molecule has 0 bridgehead atoms. The molecule has 0 aliphatic rings. The number of rotatable bonds is 51. The molecule has 0 aromatic heterocycles. The van der Waals surface area contributed by atoms with E-state index in [0.717, 1.165) is 51.4 Å². The molecular weight excluding hydrogens is 767 g/mol. The summed E-state index contributed by atoms with van der Waals surface area (Å²) in [7, 11) is 0. The van der Waals surface area contributed by atoms with E-state index in [1.165, 1.54) is 212 Å². The Labute approximate surface area is 387 Å². The standard InChI is InChI=1S/C56H109NO5/c1-4-7-10-13-16-19-22-25-26-27-28-29-30-31-34-37-40-43-46-49-56(61)62-52(47-44-41-38-35-32-23-20-17-14-11-8-5-2)50-55(60)57-53(51-58)54(59)48-45-42-39-36-33-24-21-18-15-12-9-6-3/h35,38,52-54,58-59H,4-34,36-37,39-51H2,1-3H3,(H,57,60)/b38-35-. The van der Waals surface area contributed by atoms with Gasteiger partial charge in [-0.15, -0.1) is 0 Å². The quantitative estimate of drug-likeness (QED) is 0.0321. The van der Waals surface area contributed by atoms with Crippen LogP contribution < -0.4 is 5.32 Å². The molecule has 0 aromatic rings. The molecule has 0 saturated carbocycles. The van der Waals surface area contributed by atoms with Crippen LogP contribution in [0.2, 0.25) is 0 Å². The lowest BCUT2D eigenvalue weighted by Crippen LogP contribution is -2.46. The average Bonchev–Trinajstić information content (AvgIpc) is 3.26. The van der Waals surface area contributed by atoms with Crippen molar-refractivity contribution in [2.75, 3.05) is 6.61 Å². The van der Waals surface area contributed by atoms with Gasteiger partial charge < -0.3 is 20.3 Å². The molecule has 0 aliphatic carbocycles. The Morgan fingerprint density at radius 1 is 0.452 bits per heavy atom. The van der Waals surface area contributed by atoms with E-state index in [0.29, 0.717) is 19.3 Å². The van der Waals surface area contributed by atoms with Crippen molar-refractivity contribution in [2.45, 2.75) is 328 Å². The Balaban J connectivity index is 4.46. The second kappa shape index (κ2) is 50.6. The number of amides is 1. The van der Waals surface area contributed by atoms with Gasteiger partial charge in [0.25, 0.3) is 0 Å². The third-order valence-corrected chi connectivity index (χ3v) is 13.1. The van der Waals surface area contributed by atoms with Gasteiger partial charge in [-0.25, -0.2) is 0 Å². The minimum Gasteiger partial charge on any atom is -0.462 e. The Morgan fingerprint density at radius 3 is 1.18 bits per heavy atom. The molecule has 0 rings (SSSR count). The van der Waals surface area contributed by atoms with Gasteiger partial charge in [0.1, 0.15) is 6.10 Å². The van der Waals surface area contributed by atoms with Crippen LogP contribution in [0.1, 0.15) is 310 Å². The Hall–Kier alpha value is -1.40. The first-order chi connectivity index (χ1) is 30.5. The van der Waals surface area contributed by atoms with Crippen molar-refractivity contribution in [3.8, 4) is 0 Å². The smallest absolute Gasteiger partial charge is 0.306 e. The molecular formula is C56H109NO5. The number of carbonyl (C=O) groups excluding carboxylic acids is 2.